The van der Waals surface area contributed by atoms with E-state index >= 15 is 0 Å². The fraction of sp³-hybridized carbons (Fsp3) is 0.929. The van der Waals surface area contributed by atoms with E-state index in [9.17, 15) is 4.79 Å². The Hall–Kier alpha value is -0.360. The number of amides is 1. The van der Waals surface area contributed by atoms with Crippen LogP contribution in [0.2, 0.25) is 0 Å². The standard InChI is InChI=1S/C14H26N2O3.ClH/c1-18-8-9-19-11-12-4-7-16(10-12)13(17)14(15)5-2-3-6-14;/h12H,2-11,15H2,1H3;1H. The molecule has 1 saturated carbocycles. The Kier molecular flexibility index (Phi) is 7.23. The summed E-state index contributed by atoms with van der Waals surface area (Å²) in [5.41, 5.74) is 5.65. The van der Waals surface area contributed by atoms with Gasteiger partial charge in [-0.2, -0.15) is 0 Å². The Morgan fingerprint density at radius 1 is 1.35 bits per heavy atom. The molecule has 2 aliphatic rings. The number of rotatable bonds is 6. The molecule has 2 rings (SSSR count). The molecule has 1 saturated heterocycles. The maximum atomic E-state index is 12.4. The molecular formula is C14H27ClN2O3. The van der Waals surface area contributed by atoms with E-state index in [-0.39, 0.29) is 18.3 Å². The summed E-state index contributed by atoms with van der Waals surface area (Å²) in [6, 6.07) is 0. The predicted molar refractivity (Wildman–Crippen MR) is 80.0 cm³/mol. The molecular weight excluding hydrogens is 280 g/mol. The molecule has 1 unspecified atom stereocenters. The SMILES string of the molecule is COCCOCC1CCN(C(=O)C2(N)CCCC2)C1.Cl. The van der Waals surface area contributed by atoms with Gasteiger partial charge in [-0.25, -0.2) is 0 Å². The molecule has 1 amide bonds. The van der Waals surface area contributed by atoms with Crippen LogP contribution in [0, 0.1) is 5.92 Å². The van der Waals surface area contributed by atoms with Gasteiger partial charge in [0.05, 0.1) is 25.4 Å². The molecule has 0 aromatic carbocycles. The van der Waals surface area contributed by atoms with Crippen molar-refractivity contribution < 1.29 is 14.3 Å². The molecule has 0 aromatic heterocycles. The van der Waals surface area contributed by atoms with Gasteiger partial charge in [0.2, 0.25) is 5.91 Å². The van der Waals surface area contributed by atoms with Crippen molar-refractivity contribution in [3.05, 3.63) is 0 Å². The number of nitrogens with two attached hydrogens (primary N) is 1. The van der Waals surface area contributed by atoms with E-state index in [1.165, 1.54) is 0 Å². The summed E-state index contributed by atoms with van der Waals surface area (Å²) in [5.74, 6) is 0.607. The Morgan fingerprint density at radius 3 is 2.70 bits per heavy atom. The fourth-order valence-electron chi connectivity index (χ4n) is 3.08. The van der Waals surface area contributed by atoms with Gasteiger partial charge in [0.25, 0.3) is 0 Å². The summed E-state index contributed by atoms with van der Waals surface area (Å²) >= 11 is 0. The minimum Gasteiger partial charge on any atom is -0.382 e. The van der Waals surface area contributed by atoms with Crippen molar-refractivity contribution >= 4 is 18.3 Å². The van der Waals surface area contributed by atoms with Crippen LogP contribution < -0.4 is 5.73 Å². The molecule has 6 heteroatoms. The zero-order chi connectivity index (χ0) is 13.7. The third kappa shape index (κ3) is 4.32. The van der Waals surface area contributed by atoms with Crippen LogP contribution in [0.4, 0.5) is 0 Å². The van der Waals surface area contributed by atoms with Crippen LogP contribution in [-0.2, 0) is 14.3 Å². The first kappa shape index (κ1) is 17.7. The Morgan fingerprint density at radius 2 is 2.05 bits per heavy atom. The van der Waals surface area contributed by atoms with Crippen LogP contribution >= 0.6 is 12.4 Å². The molecule has 2 N–H and O–H groups in total. The lowest BCUT2D eigenvalue weighted by Crippen LogP contribution is -2.53. The normalized spacial score (nSPS) is 24.7. The minimum absolute atomic E-state index is 0. The van der Waals surface area contributed by atoms with Crippen LogP contribution in [0.25, 0.3) is 0 Å². The number of hydrogen-bond donors (Lipinski definition) is 1. The number of methoxy groups -OCH3 is 1. The largest absolute Gasteiger partial charge is 0.382 e. The van der Waals surface area contributed by atoms with Gasteiger partial charge in [0.15, 0.2) is 0 Å². The average Bonchev–Trinajstić information content (AvgIpc) is 3.04. The number of hydrogen-bond acceptors (Lipinski definition) is 4. The fourth-order valence-corrected chi connectivity index (χ4v) is 3.08. The number of carbonyl (C=O) groups is 1. The van der Waals surface area contributed by atoms with Crippen LogP contribution in [0.5, 0.6) is 0 Å². The van der Waals surface area contributed by atoms with Gasteiger partial charge in [0.1, 0.15) is 0 Å². The summed E-state index contributed by atoms with van der Waals surface area (Å²) in [5, 5.41) is 0. The Bertz CT molecular complexity index is 309. The highest BCUT2D eigenvalue weighted by Gasteiger charge is 2.41. The second-order valence-corrected chi connectivity index (χ2v) is 5.84. The summed E-state index contributed by atoms with van der Waals surface area (Å²) in [4.78, 5) is 14.4. The molecule has 1 aliphatic heterocycles. The summed E-state index contributed by atoms with van der Waals surface area (Å²) < 4.78 is 10.5. The molecule has 1 heterocycles. The van der Waals surface area contributed by atoms with Crippen molar-refractivity contribution in [2.75, 3.05) is 40.0 Å². The second-order valence-electron chi connectivity index (χ2n) is 5.84. The third-order valence-corrected chi connectivity index (χ3v) is 4.28. The van der Waals surface area contributed by atoms with E-state index in [2.05, 4.69) is 0 Å². The highest BCUT2D eigenvalue weighted by Crippen LogP contribution is 2.30. The van der Waals surface area contributed by atoms with Crippen molar-refractivity contribution in [2.45, 2.75) is 37.6 Å². The zero-order valence-corrected chi connectivity index (χ0v) is 13.1. The molecule has 0 bridgehead atoms. The molecule has 5 nitrogen and oxygen atoms in total. The molecule has 2 fully saturated rings. The number of carbonyl (C=O) groups excluding carboxylic acids is 1. The van der Waals surface area contributed by atoms with E-state index in [1.54, 1.807) is 7.11 Å². The van der Waals surface area contributed by atoms with Crippen LogP contribution in [-0.4, -0.2) is 56.4 Å². The highest BCUT2D eigenvalue weighted by molar-refractivity contribution is 5.86. The van der Waals surface area contributed by atoms with Crippen molar-refractivity contribution in [3.8, 4) is 0 Å². The van der Waals surface area contributed by atoms with Crippen LogP contribution in [0.3, 0.4) is 0 Å². The average molecular weight is 307 g/mol. The van der Waals surface area contributed by atoms with Crippen molar-refractivity contribution in [2.24, 2.45) is 11.7 Å². The lowest BCUT2D eigenvalue weighted by atomic mass is 9.97. The van der Waals surface area contributed by atoms with Gasteiger partial charge in [-0.05, 0) is 19.3 Å². The smallest absolute Gasteiger partial charge is 0.242 e. The third-order valence-electron chi connectivity index (χ3n) is 4.28. The summed E-state index contributed by atoms with van der Waals surface area (Å²) in [7, 11) is 1.67. The Labute approximate surface area is 127 Å². The second kappa shape index (κ2) is 8.17. The van der Waals surface area contributed by atoms with Gasteiger partial charge < -0.3 is 20.1 Å². The monoisotopic (exact) mass is 306 g/mol. The van der Waals surface area contributed by atoms with E-state index in [0.717, 1.165) is 45.2 Å². The topological polar surface area (TPSA) is 64.8 Å². The zero-order valence-electron chi connectivity index (χ0n) is 12.3. The van der Waals surface area contributed by atoms with Crippen molar-refractivity contribution in [3.63, 3.8) is 0 Å². The first-order valence-corrected chi connectivity index (χ1v) is 7.30. The van der Waals surface area contributed by atoms with Gasteiger partial charge in [0, 0.05) is 26.1 Å². The first-order chi connectivity index (χ1) is 9.15. The Balaban J connectivity index is 0.00000200. The number of nitrogens with zero attached hydrogens (tertiary/aromatic N) is 1. The van der Waals surface area contributed by atoms with Crippen LogP contribution in [0.1, 0.15) is 32.1 Å². The number of likely N-dealkylation sites (tertiary alicyclic amines) is 1. The maximum Gasteiger partial charge on any atom is 0.242 e. The van der Waals surface area contributed by atoms with E-state index < -0.39 is 5.54 Å². The van der Waals surface area contributed by atoms with E-state index in [4.69, 9.17) is 15.2 Å². The molecule has 0 radical (unpaired) electrons. The molecule has 20 heavy (non-hydrogen) atoms. The van der Waals surface area contributed by atoms with Gasteiger partial charge in [-0.3, -0.25) is 4.79 Å². The molecule has 1 atom stereocenters. The molecule has 118 valence electrons. The molecule has 1 aliphatic carbocycles. The van der Waals surface area contributed by atoms with E-state index in [0.29, 0.717) is 25.7 Å². The van der Waals surface area contributed by atoms with Gasteiger partial charge in [-0.15, -0.1) is 12.4 Å². The first-order valence-electron chi connectivity index (χ1n) is 7.30. The quantitative estimate of drug-likeness (QED) is 0.749. The lowest BCUT2D eigenvalue weighted by Gasteiger charge is -2.28. The predicted octanol–water partition coefficient (Wildman–Crippen LogP) is 1.19. The van der Waals surface area contributed by atoms with E-state index in [1.807, 2.05) is 4.90 Å². The van der Waals surface area contributed by atoms with Crippen molar-refractivity contribution in [1.82, 2.24) is 4.90 Å². The highest BCUT2D eigenvalue weighted by atomic mass is 35.5. The number of halogens is 1. The molecule has 0 spiro atoms. The molecule has 0 aromatic rings. The van der Waals surface area contributed by atoms with Crippen molar-refractivity contribution in [1.29, 1.82) is 0 Å². The number of ether oxygens (including phenoxy) is 2. The van der Waals surface area contributed by atoms with Gasteiger partial charge in [-0.1, -0.05) is 12.8 Å². The summed E-state index contributed by atoms with van der Waals surface area (Å²) in [6.07, 6.45) is 4.88. The van der Waals surface area contributed by atoms with Crippen LogP contribution in [0.15, 0.2) is 0 Å². The van der Waals surface area contributed by atoms with Gasteiger partial charge >= 0.3 is 0 Å². The maximum absolute atomic E-state index is 12.4. The minimum atomic E-state index is -0.578. The lowest BCUT2D eigenvalue weighted by molar-refractivity contribution is -0.135. The summed E-state index contributed by atoms with van der Waals surface area (Å²) in [6.45, 7) is 3.59.